The summed E-state index contributed by atoms with van der Waals surface area (Å²) < 4.78 is 47.5. The minimum absolute atomic E-state index is 0.166. The lowest BCUT2D eigenvalue weighted by molar-refractivity contribution is 0.00578. The smallest absolute Gasteiger partial charge is 0.444 e. The third-order valence-electron chi connectivity index (χ3n) is 12.5. The van der Waals surface area contributed by atoms with Gasteiger partial charge in [0, 0.05) is 15.0 Å². The fraction of sp³-hybridized carbons (Fsp3) is 0.696. The van der Waals surface area contributed by atoms with Gasteiger partial charge in [-0.3, -0.25) is 0 Å². The second-order valence-corrected chi connectivity index (χ2v) is 23.4. The molecule has 358 valence electrons. The average Bonchev–Trinajstić information content (AvgIpc) is 3.56. The zero-order chi connectivity index (χ0) is 49.6. The Morgan fingerprint density at radius 3 is 1.19 bits per heavy atom. The third-order valence-corrected chi connectivity index (χ3v) is 14.4. The van der Waals surface area contributed by atoms with Crippen molar-refractivity contribution in [3.8, 4) is 0 Å². The van der Waals surface area contributed by atoms with Crippen LogP contribution in [0.1, 0.15) is 173 Å². The van der Waals surface area contributed by atoms with Crippen LogP contribution in [0.2, 0.25) is 10.0 Å². The van der Waals surface area contributed by atoms with Crippen molar-refractivity contribution in [2.24, 2.45) is 0 Å². The van der Waals surface area contributed by atoms with E-state index < -0.39 is 55.7 Å². The number of hydrogen-bond acceptors (Lipinski definition) is 10. The number of ether oxygens (including phenoxy) is 2. The Morgan fingerprint density at radius 1 is 0.562 bits per heavy atom. The maximum Gasteiger partial charge on any atom is 0.496 e. The molecule has 0 unspecified atom stereocenters. The summed E-state index contributed by atoms with van der Waals surface area (Å²) in [6.07, 6.45) is -0.890. The van der Waals surface area contributed by atoms with Crippen molar-refractivity contribution < 1.29 is 47.0 Å². The number of hydrogen-bond donors (Lipinski definition) is 2. The summed E-state index contributed by atoms with van der Waals surface area (Å²) in [6, 6.07) is 7.25. The van der Waals surface area contributed by atoms with E-state index in [0.29, 0.717) is 10.0 Å². The van der Waals surface area contributed by atoms with E-state index in [4.69, 9.17) is 60.6 Å². The molecule has 2 aromatic rings. The topological polar surface area (TPSA) is 132 Å². The third kappa shape index (κ3) is 13.8. The standard InChI is InChI=1S/C20H31BClNO4.C14H19BrClNO2.C12H24B2O4/c1-12-14(13(2)23-17(24)25-18(3,4)5)10-11-15(16(12)22)21-26-19(6,7)20(8,9)27-21;1-8-10(6-7-11(15)12(8)16)9(2)17-13(18)19-14(3,4)5;1-9(2)10(3,4)16-13(15-9)14-17-11(5,6)12(7,8)18-14/h10-11,13H,1-9H3,(H,23,24);6-7,9H,1-5H3,(H,17,18);1-8H3/t13-;9-;/m11./s1. The summed E-state index contributed by atoms with van der Waals surface area (Å²) in [7, 11) is -1.48. The molecule has 3 heterocycles. The van der Waals surface area contributed by atoms with Crippen molar-refractivity contribution in [2.45, 2.75) is 209 Å². The van der Waals surface area contributed by atoms with E-state index in [2.05, 4.69) is 26.6 Å². The van der Waals surface area contributed by atoms with Crippen LogP contribution in [0.4, 0.5) is 9.59 Å². The van der Waals surface area contributed by atoms with E-state index in [0.717, 1.165) is 32.2 Å². The predicted molar refractivity (Wildman–Crippen MR) is 264 cm³/mol. The highest BCUT2D eigenvalue weighted by atomic mass is 79.9. The second-order valence-electron chi connectivity index (χ2n) is 21.8. The molecule has 3 aliphatic heterocycles. The van der Waals surface area contributed by atoms with Gasteiger partial charge in [-0.25, -0.2) is 9.59 Å². The average molecular weight is 998 g/mol. The molecule has 0 aromatic heterocycles. The fourth-order valence-corrected chi connectivity index (χ4v) is 7.46. The number of benzene rings is 2. The van der Waals surface area contributed by atoms with Gasteiger partial charge in [-0.05, 0) is 197 Å². The van der Waals surface area contributed by atoms with Crippen LogP contribution in [0.25, 0.3) is 0 Å². The van der Waals surface area contributed by atoms with Crippen molar-refractivity contribution >= 4 is 77.9 Å². The first kappa shape index (κ1) is 56.3. The van der Waals surface area contributed by atoms with Crippen molar-refractivity contribution in [3.63, 3.8) is 0 Å². The summed E-state index contributed by atoms with van der Waals surface area (Å²) >= 11 is 16.2. The summed E-state index contributed by atoms with van der Waals surface area (Å²) in [5, 5.41) is 6.91. The van der Waals surface area contributed by atoms with Gasteiger partial charge in [-0.15, -0.1) is 0 Å². The Morgan fingerprint density at radius 2 is 0.859 bits per heavy atom. The maximum absolute atomic E-state index is 12.1. The van der Waals surface area contributed by atoms with Crippen molar-refractivity contribution in [1.82, 2.24) is 10.6 Å². The largest absolute Gasteiger partial charge is 0.496 e. The number of amides is 2. The fourth-order valence-electron chi connectivity index (χ4n) is 6.60. The van der Waals surface area contributed by atoms with Crippen LogP contribution < -0.4 is 16.1 Å². The highest BCUT2D eigenvalue weighted by molar-refractivity contribution is 9.10. The predicted octanol–water partition coefficient (Wildman–Crippen LogP) is 11.8. The van der Waals surface area contributed by atoms with Crippen LogP contribution in [0, 0.1) is 13.8 Å². The van der Waals surface area contributed by atoms with E-state index in [1.807, 2.05) is 177 Å². The number of halogens is 3. The van der Waals surface area contributed by atoms with Crippen LogP contribution in [-0.4, -0.2) is 78.1 Å². The van der Waals surface area contributed by atoms with E-state index in [-0.39, 0.29) is 34.5 Å². The highest BCUT2D eigenvalue weighted by Crippen LogP contribution is 2.43. The molecule has 5 rings (SSSR count). The molecule has 0 saturated carbocycles. The molecule has 12 nitrogen and oxygen atoms in total. The lowest BCUT2D eigenvalue weighted by atomic mass is 9.49. The molecule has 3 aliphatic rings. The molecule has 2 atom stereocenters. The number of rotatable bonds is 6. The van der Waals surface area contributed by atoms with Gasteiger partial charge in [-0.1, -0.05) is 41.4 Å². The van der Waals surface area contributed by atoms with Gasteiger partial charge in [0.2, 0.25) is 0 Å². The Hall–Kier alpha value is -2.01. The monoisotopic (exact) mass is 996 g/mol. The molecule has 2 N–H and O–H groups in total. The normalized spacial score (nSPS) is 21.2. The molecule has 3 saturated heterocycles. The quantitative estimate of drug-likeness (QED) is 0.270. The molecule has 64 heavy (non-hydrogen) atoms. The second kappa shape index (κ2) is 19.9. The van der Waals surface area contributed by atoms with E-state index in [1.54, 1.807) is 0 Å². The van der Waals surface area contributed by atoms with Gasteiger partial charge in [0.05, 0.1) is 50.7 Å². The molecule has 0 bridgehead atoms. The van der Waals surface area contributed by atoms with Gasteiger partial charge >= 0.3 is 33.3 Å². The Kier molecular flexibility index (Phi) is 17.5. The van der Waals surface area contributed by atoms with Crippen molar-refractivity contribution in [2.75, 3.05) is 0 Å². The summed E-state index contributed by atoms with van der Waals surface area (Å²) in [5.41, 5.74) is 1.16. The zero-order valence-electron chi connectivity index (χ0n) is 42.4. The highest BCUT2D eigenvalue weighted by Gasteiger charge is 2.63. The molecule has 0 radical (unpaired) electrons. The number of alkyl carbamates (subject to hydrolysis) is 2. The van der Waals surface area contributed by atoms with Gasteiger partial charge in [0.15, 0.2) is 0 Å². The molecule has 0 spiro atoms. The van der Waals surface area contributed by atoms with E-state index >= 15 is 0 Å². The first-order valence-electron chi connectivity index (χ1n) is 21.9. The summed E-state index contributed by atoms with van der Waals surface area (Å²) in [4.78, 5) is 23.8. The van der Waals surface area contributed by atoms with Gasteiger partial charge in [0.25, 0.3) is 0 Å². The Balaban J connectivity index is 0.000000263. The SMILES string of the molecule is CC1(C)OB(B2OC(C)(C)C(C)(C)O2)OC1(C)C.Cc1c([C@@H](C)NC(=O)OC(C)(C)C)ccc(B2OC(C)(C)C(C)(C)O2)c1Cl.Cc1c([C@@H](C)NC(=O)OC(C)(C)C)ccc(Br)c1Cl. The molecular formula is C46H74B3BrCl2N2O10. The van der Waals surface area contributed by atoms with Crippen LogP contribution in [0.5, 0.6) is 0 Å². The lowest BCUT2D eigenvalue weighted by Crippen LogP contribution is -2.41. The maximum atomic E-state index is 12.1. The molecular weight excluding hydrogens is 924 g/mol. The lowest BCUT2D eigenvalue weighted by Gasteiger charge is -2.32. The molecule has 3 fully saturated rings. The van der Waals surface area contributed by atoms with Crippen molar-refractivity contribution in [1.29, 1.82) is 0 Å². The van der Waals surface area contributed by atoms with E-state index in [9.17, 15) is 9.59 Å². The van der Waals surface area contributed by atoms with Crippen LogP contribution in [0.15, 0.2) is 28.7 Å². The zero-order valence-corrected chi connectivity index (χ0v) is 45.5. The Labute approximate surface area is 403 Å². The number of carbonyl (C=O) groups excluding carboxylic acids is 2. The summed E-state index contributed by atoms with van der Waals surface area (Å²) in [6.45, 7) is 42.9. The molecule has 2 amide bonds. The van der Waals surface area contributed by atoms with Crippen LogP contribution in [-0.2, 0) is 37.4 Å². The van der Waals surface area contributed by atoms with Gasteiger partial charge in [0.1, 0.15) is 11.2 Å². The minimum Gasteiger partial charge on any atom is -0.444 e. The van der Waals surface area contributed by atoms with Gasteiger partial charge in [-0.2, -0.15) is 0 Å². The number of carbonyl (C=O) groups is 2. The number of nitrogens with one attached hydrogen (secondary N) is 2. The first-order valence-corrected chi connectivity index (χ1v) is 23.5. The summed E-state index contributed by atoms with van der Waals surface area (Å²) in [5.74, 6) is 0. The molecule has 2 aromatic carbocycles. The Bertz CT molecular complexity index is 1920. The van der Waals surface area contributed by atoms with Crippen LogP contribution in [0.3, 0.4) is 0 Å². The molecule has 0 aliphatic carbocycles. The first-order chi connectivity index (χ1) is 28.6. The van der Waals surface area contributed by atoms with Crippen molar-refractivity contribution in [3.05, 3.63) is 61.0 Å². The van der Waals surface area contributed by atoms with E-state index in [1.165, 1.54) is 0 Å². The van der Waals surface area contributed by atoms with Gasteiger partial charge < -0.3 is 48.0 Å². The van der Waals surface area contributed by atoms with Crippen LogP contribution >= 0.6 is 39.1 Å². The minimum atomic E-state index is -0.545. The molecule has 18 heteroatoms.